The molecule has 0 aliphatic carbocycles. The average Bonchev–Trinajstić information content (AvgIpc) is 3.33. The standard InChI is InChI=1S/C23H30N6O3S2/c1-8-29-20(16(5)32-17-10-13(2)9-14(3)11-17)26-27-23(29)33-12-18(30)25-22-24-15(4)19(34-22)21(31)28(6)7/h9-11,16H,8,12H2,1-7H3,(H,24,25,30). The summed E-state index contributed by atoms with van der Waals surface area (Å²) in [5, 5.41) is 12.4. The number of aromatic nitrogens is 4. The summed E-state index contributed by atoms with van der Waals surface area (Å²) >= 11 is 2.47. The molecule has 1 unspecified atom stereocenters. The van der Waals surface area contributed by atoms with Gasteiger partial charge in [0.25, 0.3) is 5.91 Å². The van der Waals surface area contributed by atoms with Crippen molar-refractivity contribution < 1.29 is 14.3 Å². The smallest absolute Gasteiger partial charge is 0.265 e. The van der Waals surface area contributed by atoms with Crippen LogP contribution in [-0.2, 0) is 11.3 Å². The summed E-state index contributed by atoms with van der Waals surface area (Å²) in [5.41, 5.74) is 2.87. The number of nitrogens with one attached hydrogen (secondary N) is 1. The molecule has 0 aliphatic heterocycles. The van der Waals surface area contributed by atoms with Gasteiger partial charge >= 0.3 is 0 Å². The summed E-state index contributed by atoms with van der Waals surface area (Å²) in [4.78, 5) is 31.0. The van der Waals surface area contributed by atoms with Crippen LogP contribution in [0.5, 0.6) is 5.75 Å². The quantitative estimate of drug-likeness (QED) is 0.436. The Hall–Kier alpha value is -2.92. The van der Waals surface area contributed by atoms with Crippen LogP contribution in [0.3, 0.4) is 0 Å². The third-order valence-electron chi connectivity index (χ3n) is 4.91. The minimum atomic E-state index is -0.303. The number of thiazole rings is 1. The van der Waals surface area contributed by atoms with Crippen molar-refractivity contribution in [3.63, 3.8) is 0 Å². The Morgan fingerprint density at radius 1 is 1.18 bits per heavy atom. The normalized spacial score (nSPS) is 11.9. The average molecular weight is 503 g/mol. The topological polar surface area (TPSA) is 102 Å². The highest BCUT2D eigenvalue weighted by atomic mass is 32.2. The van der Waals surface area contributed by atoms with E-state index in [9.17, 15) is 9.59 Å². The van der Waals surface area contributed by atoms with Crippen LogP contribution in [-0.4, -0.2) is 56.3 Å². The van der Waals surface area contributed by atoms with Gasteiger partial charge in [-0.15, -0.1) is 10.2 Å². The molecule has 11 heteroatoms. The van der Waals surface area contributed by atoms with Crippen molar-refractivity contribution in [1.82, 2.24) is 24.6 Å². The van der Waals surface area contributed by atoms with Gasteiger partial charge in [0.2, 0.25) is 5.91 Å². The van der Waals surface area contributed by atoms with Crippen LogP contribution in [0.2, 0.25) is 0 Å². The maximum Gasteiger partial charge on any atom is 0.265 e. The molecular weight excluding hydrogens is 472 g/mol. The summed E-state index contributed by atoms with van der Waals surface area (Å²) in [5.74, 6) is 1.27. The second-order valence-electron chi connectivity index (χ2n) is 8.14. The van der Waals surface area contributed by atoms with Crippen molar-refractivity contribution in [2.24, 2.45) is 0 Å². The molecule has 0 saturated carbocycles. The number of nitrogens with zero attached hydrogens (tertiary/aromatic N) is 5. The van der Waals surface area contributed by atoms with Crippen molar-refractivity contribution in [2.75, 3.05) is 25.2 Å². The fourth-order valence-corrected chi connectivity index (χ4v) is 5.21. The number of carbonyl (C=O) groups is 2. The molecule has 0 saturated heterocycles. The Labute approximate surface area is 207 Å². The Balaban J connectivity index is 1.64. The number of hydrogen-bond donors (Lipinski definition) is 1. The van der Waals surface area contributed by atoms with E-state index in [1.807, 2.05) is 44.4 Å². The van der Waals surface area contributed by atoms with Crippen LogP contribution < -0.4 is 10.1 Å². The molecule has 1 atom stereocenters. The number of aryl methyl sites for hydroxylation is 3. The van der Waals surface area contributed by atoms with E-state index in [2.05, 4.69) is 26.6 Å². The zero-order valence-electron chi connectivity index (χ0n) is 20.5. The zero-order valence-corrected chi connectivity index (χ0v) is 22.1. The number of amides is 2. The van der Waals surface area contributed by atoms with Crippen LogP contribution in [0.15, 0.2) is 23.4 Å². The molecule has 0 radical (unpaired) electrons. The number of ether oxygens (including phenoxy) is 1. The lowest BCUT2D eigenvalue weighted by Gasteiger charge is -2.16. The molecule has 1 N–H and O–H groups in total. The van der Waals surface area contributed by atoms with Crippen molar-refractivity contribution in [3.05, 3.63) is 45.7 Å². The number of thioether (sulfide) groups is 1. The number of hydrogen-bond acceptors (Lipinski definition) is 8. The maximum atomic E-state index is 12.5. The van der Waals surface area contributed by atoms with Gasteiger partial charge in [-0.2, -0.15) is 0 Å². The summed E-state index contributed by atoms with van der Waals surface area (Å²) in [6.07, 6.45) is -0.303. The second kappa shape index (κ2) is 11.0. The third kappa shape index (κ3) is 6.15. The summed E-state index contributed by atoms with van der Waals surface area (Å²) in [7, 11) is 3.37. The van der Waals surface area contributed by atoms with Gasteiger partial charge in [-0.05, 0) is 57.9 Å². The SMILES string of the molecule is CCn1c(SCC(=O)Nc2nc(C)c(C(=O)N(C)C)s2)nnc1C(C)Oc1cc(C)cc(C)c1. The molecule has 3 rings (SSSR count). The molecule has 34 heavy (non-hydrogen) atoms. The fraction of sp³-hybridized carbons (Fsp3) is 0.435. The van der Waals surface area contributed by atoms with E-state index in [1.54, 1.807) is 21.0 Å². The number of carbonyl (C=O) groups excluding carboxylic acids is 2. The Bertz CT molecular complexity index is 1170. The van der Waals surface area contributed by atoms with E-state index in [4.69, 9.17) is 4.74 Å². The second-order valence-corrected chi connectivity index (χ2v) is 10.1. The van der Waals surface area contributed by atoms with Crippen LogP contribution >= 0.6 is 23.1 Å². The van der Waals surface area contributed by atoms with Gasteiger partial charge in [0.05, 0.1) is 11.4 Å². The van der Waals surface area contributed by atoms with E-state index in [-0.39, 0.29) is 23.7 Å². The number of anilines is 1. The summed E-state index contributed by atoms with van der Waals surface area (Å²) in [6.45, 7) is 10.4. The molecule has 0 bridgehead atoms. The lowest BCUT2D eigenvalue weighted by atomic mass is 10.1. The van der Waals surface area contributed by atoms with Gasteiger partial charge in [0, 0.05) is 20.6 Å². The van der Waals surface area contributed by atoms with Crippen LogP contribution in [0.1, 0.15) is 52.3 Å². The molecule has 0 fully saturated rings. The van der Waals surface area contributed by atoms with E-state index >= 15 is 0 Å². The van der Waals surface area contributed by atoms with Gasteiger partial charge in [-0.25, -0.2) is 4.98 Å². The van der Waals surface area contributed by atoms with E-state index in [1.165, 1.54) is 28.0 Å². The Morgan fingerprint density at radius 2 is 1.85 bits per heavy atom. The van der Waals surface area contributed by atoms with Crippen molar-refractivity contribution in [3.8, 4) is 5.75 Å². The first-order chi connectivity index (χ1) is 16.1. The third-order valence-corrected chi connectivity index (χ3v) is 6.94. The molecule has 1 aromatic carbocycles. The minimum Gasteiger partial charge on any atom is -0.483 e. The highest BCUT2D eigenvalue weighted by molar-refractivity contribution is 7.99. The minimum absolute atomic E-state index is 0.134. The van der Waals surface area contributed by atoms with Gasteiger partial charge in [-0.3, -0.25) is 9.59 Å². The van der Waals surface area contributed by atoms with Crippen LogP contribution in [0.4, 0.5) is 5.13 Å². The molecule has 0 spiro atoms. The highest BCUT2D eigenvalue weighted by Crippen LogP contribution is 2.27. The molecular formula is C23H30N6O3S2. The molecule has 2 heterocycles. The fourth-order valence-electron chi connectivity index (χ4n) is 3.40. The first-order valence-corrected chi connectivity index (χ1v) is 12.7. The highest BCUT2D eigenvalue weighted by Gasteiger charge is 2.21. The van der Waals surface area contributed by atoms with Crippen molar-refractivity contribution in [1.29, 1.82) is 0 Å². The summed E-state index contributed by atoms with van der Waals surface area (Å²) in [6, 6.07) is 6.09. The van der Waals surface area contributed by atoms with Crippen LogP contribution in [0.25, 0.3) is 0 Å². The lowest BCUT2D eigenvalue weighted by molar-refractivity contribution is -0.113. The number of rotatable bonds is 9. The molecule has 182 valence electrons. The Morgan fingerprint density at radius 3 is 2.47 bits per heavy atom. The maximum absolute atomic E-state index is 12.5. The van der Waals surface area contributed by atoms with E-state index in [0.29, 0.717) is 33.2 Å². The molecule has 9 nitrogen and oxygen atoms in total. The van der Waals surface area contributed by atoms with Gasteiger partial charge in [0.1, 0.15) is 10.6 Å². The lowest BCUT2D eigenvalue weighted by Crippen LogP contribution is -2.21. The molecule has 2 amide bonds. The largest absolute Gasteiger partial charge is 0.483 e. The van der Waals surface area contributed by atoms with Crippen molar-refractivity contribution in [2.45, 2.75) is 52.4 Å². The predicted octanol–water partition coefficient (Wildman–Crippen LogP) is 4.25. The van der Waals surface area contributed by atoms with Gasteiger partial charge in [0.15, 0.2) is 22.2 Å². The first-order valence-electron chi connectivity index (χ1n) is 10.9. The van der Waals surface area contributed by atoms with Crippen LogP contribution in [0, 0.1) is 20.8 Å². The monoisotopic (exact) mass is 502 g/mol. The van der Waals surface area contributed by atoms with Crippen molar-refractivity contribution >= 4 is 40.0 Å². The van der Waals surface area contributed by atoms with E-state index < -0.39 is 0 Å². The van der Waals surface area contributed by atoms with E-state index in [0.717, 1.165) is 16.9 Å². The molecule has 2 aromatic heterocycles. The summed E-state index contributed by atoms with van der Waals surface area (Å²) < 4.78 is 8.07. The zero-order chi connectivity index (χ0) is 25.0. The van der Waals surface area contributed by atoms with Gasteiger partial charge in [-0.1, -0.05) is 29.2 Å². The molecule has 0 aliphatic rings. The van der Waals surface area contributed by atoms with Gasteiger partial charge < -0.3 is 19.5 Å². The first kappa shape index (κ1) is 25.7. The molecule has 3 aromatic rings. The number of benzene rings is 1. The predicted molar refractivity (Wildman–Crippen MR) is 135 cm³/mol. The Kier molecular flexibility index (Phi) is 8.32.